The molecule has 1 N–H and O–H groups in total. The maximum absolute atomic E-state index is 12.9. The number of nitrogens with zero attached hydrogens (tertiary/aromatic N) is 1. The molecule has 2 saturated heterocycles. The van der Waals surface area contributed by atoms with Crippen molar-refractivity contribution in [3.63, 3.8) is 0 Å². The molecule has 2 heterocycles. The molecule has 0 saturated carbocycles. The van der Waals surface area contributed by atoms with Crippen molar-refractivity contribution in [2.24, 2.45) is 0 Å². The lowest BCUT2D eigenvalue weighted by Crippen LogP contribution is -2.38. The minimum absolute atomic E-state index is 0.0118. The number of carbonyl (C=O) groups is 2. The molecule has 2 aliphatic rings. The van der Waals surface area contributed by atoms with Crippen LogP contribution in [0.5, 0.6) is 5.75 Å². The third-order valence-electron chi connectivity index (χ3n) is 5.01. The van der Waals surface area contributed by atoms with Gasteiger partial charge in [0.2, 0.25) is 10.0 Å². The first-order valence-corrected chi connectivity index (χ1v) is 12.7. The number of amides is 1. The molecule has 0 radical (unpaired) electrons. The van der Waals surface area contributed by atoms with E-state index in [0.29, 0.717) is 19.5 Å². The summed E-state index contributed by atoms with van der Waals surface area (Å²) in [5.74, 6) is -1.51. The summed E-state index contributed by atoms with van der Waals surface area (Å²) in [5.41, 5.74) is -0.0372. The first-order valence-electron chi connectivity index (χ1n) is 9.47. The number of sulfonamides is 1. The van der Waals surface area contributed by atoms with Crippen LogP contribution in [0.4, 0.5) is 0 Å². The number of sulfone groups is 1. The summed E-state index contributed by atoms with van der Waals surface area (Å²) in [6.45, 7) is 0.198. The van der Waals surface area contributed by atoms with Gasteiger partial charge in [-0.2, -0.15) is 4.31 Å². The molecule has 3 rings (SSSR count). The predicted molar refractivity (Wildman–Crippen MR) is 106 cm³/mol. The van der Waals surface area contributed by atoms with E-state index in [4.69, 9.17) is 9.47 Å². The zero-order valence-corrected chi connectivity index (χ0v) is 18.1. The lowest BCUT2D eigenvalue weighted by molar-refractivity contribution is -0.124. The van der Waals surface area contributed by atoms with Crippen LogP contribution in [-0.2, 0) is 29.4 Å². The molecular formula is C18H24N2O8S2. The van der Waals surface area contributed by atoms with Crippen LogP contribution in [0, 0.1) is 0 Å². The molecule has 0 spiro atoms. The monoisotopic (exact) mass is 460 g/mol. The molecule has 0 aliphatic carbocycles. The van der Waals surface area contributed by atoms with E-state index >= 15 is 0 Å². The van der Waals surface area contributed by atoms with Crippen LogP contribution >= 0.6 is 0 Å². The molecule has 1 aromatic rings. The van der Waals surface area contributed by atoms with Crippen molar-refractivity contribution in [2.45, 2.75) is 30.2 Å². The van der Waals surface area contributed by atoms with E-state index in [-0.39, 0.29) is 27.7 Å². The Morgan fingerprint density at radius 2 is 1.93 bits per heavy atom. The summed E-state index contributed by atoms with van der Waals surface area (Å²) in [5, 5.41) is 2.51. The second-order valence-electron chi connectivity index (χ2n) is 7.22. The molecule has 2 fully saturated rings. The molecule has 1 atom stereocenters. The van der Waals surface area contributed by atoms with Gasteiger partial charge >= 0.3 is 5.97 Å². The smallest absolute Gasteiger partial charge is 0.338 e. The highest BCUT2D eigenvalue weighted by Gasteiger charge is 2.31. The molecule has 2 aliphatic heterocycles. The minimum atomic E-state index is -3.83. The fourth-order valence-electron chi connectivity index (χ4n) is 3.47. The van der Waals surface area contributed by atoms with Gasteiger partial charge in [0.05, 0.1) is 24.2 Å². The quantitative estimate of drug-likeness (QED) is 0.559. The Balaban J connectivity index is 1.66. The van der Waals surface area contributed by atoms with Gasteiger partial charge in [-0.3, -0.25) is 4.79 Å². The van der Waals surface area contributed by atoms with Crippen LogP contribution in [0.1, 0.15) is 29.6 Å². The van der Waals surface area contributed by atoms with Crippen LogP contribution in [0.25, 0.3) is 0 Å². The average molecular weight is 461 g/mol. The number of hydrogen-bond acceptors (Lipinski definition) is 8. The van der Waals surface area contributed by atoms with Gasteiger partial charge in [-0.15, -0.1) is 0 Å². The molecular weight excluding hydrogens is 436 g/mol. The lowest BCUT2D eigenvalue weighted by Gasteiger charge is -2.18. The first kappa shape index (κ1) is 22.5. The third-order valence-corrected chi connectivity index (χ3v) is 8.70. The number of hydrogen-bond donors (Lipinski definition) is 1. The van der Waals surface area contributed by atoms with Crippen molar-refractivity contribution < 1.29 is 35.9 Å². The number of nitrogens with one attached hydrogen (secondary N) is 1. The number of methoxy groups -OCH3 is 1. The summed E-state index contributed by atoms with van der Waals surface area (Å²) in [6.07, 6.45) is 1.85. The van der Waals surface area contributed by atoms with E-state index in [2.05, 4.69) is 5.32 Å². The van der Waals surface area contributed by atoms with E-state index in [1.165, 1.54) is 29.6 Å². The van der Waals surface area contributed by atoms with E-state index in [9.17, 15) is 26.4 Å². The van der Waals surface area contributed by atoms with Gasteiger partial charge in [0.15, 0.2) is 16.4 Å². The zero-order valence-electron chi connectivity index (χ0n) is 16.5. The highest BCUT2D eigenvalue weighted by atomic mass is 32.2. The van der Waals surface area contributed by atoms with Crippen LogP contribution in [0.15, 0.2) is 23.1 Å². The van der Waals surface area contributed by atoms with Crippen molar-refractivity contribution in [1.82, 2.24) is 9.62 Å². The SMILES string of the molecule is COc1ccc(C(=O)OCC(=O)NC2CCS(=O)(=O)C2)cc1S(=O)(=O)N1CCCC1. The van der Waals surface area contributed by atoms with E-state index in [1.807, 2.05) is 0 Å². The molecule has 1 amide bonds. The maximum atomic E-state index is 12.9. The van der Waals surface area contributed by atoms with Gasteiger partial charge in [0.25, 0.3) is 5.91 Å². The van der Waals surface area contributed by atoms with Crippen LogP contribution in [-0.4, -0.2) is 77.4 Å². The van der Waals surface area contributed by atoms with Crippen LogP contribution in [0.3, 0.4) is 0 Å². The molecule has 0 bridgehead atoms. The molecule has 12 heteroatoms. The van der Waals surface area contributed by atoms with Crippen molar-refractivity contribution in [3.8, 4) is 5.75 Å². The maximum Gasteiger partial charge on any atom is 0.338 e. The Morgan fingerprint density at radius 3 is 2.53 bits per heavy atom. The van der Waals surface area contributed by atoms with E-state index < -0.39 is 44.4 Å². The van der Waals surface area contributed by atoms with Gasteiger partial charge in [0, 0.05) is 19.1 Å². The standard InChI is InChI=1S/C18H24N2O8S2/c1-27-15-5-4-13(10-16(15)30(25,26)20-7-2-3-8-20)18(22)28-11-17(21)19-14-6-9-29(23,24)12-14/h4-5,10,14H,2-3,6-9,11-12H2,1H3,(H,19,21). The fourth-order valence-corrected chi connectivity index (χ4v) is 6.84. The fraction of sp³-hybridized carbons (Fsp3) is 0.556. The third kappa shape index (κ3) is 5.10. The number of rotatable bonds is 7. The highest BCUT2D eigenvalue weighted by Crippen LogP contribution is 2.30. The second-order valence-corrected chi connectivity index (χ2v) is 11.4. The first-order chi connectivity index (χ1) is 14.1. The molecule has 30 heavy (non-hydrogen) atoms. The normalized spacial score (nSPS) is 21.3. The van der Waals surface area contributed by atoms with Gasteiger partial charge in [0.1, 0.15) is 10.6 Å². The summed E-state index contributed by atoms with van der Waals surface area (Å²) < 4.78 is 60.1. The largest absolute Gasteiger partial charge is 0.495 e. The Hall–Kier alpha value is -2.18. The van der Waals surface area contributed by atoms with Crippen LogP contribution in [0.2, 0.25) is 0 Å². The minimum Gasteiger partial charge on any atom is -0.495 e. The Bertz CT molecular complexity index is 1030. The molecule has 0 aromatic heterocycles. The van der Waals surface area contributed by atoms with Gasteiger partial charge in [-0.1, -0.05) is 0 Å². The lowest BCUT2D eigenvalue weighted by atomic mass is 10.2. The molecule has 10 nitrogen and oxygen atoms in total. The molecule has 1 unspecified atom stereocenters. The Labute approximate surface area is 175 Å². The van der Waals surface area contributed by atoms with Crippen molar-refractivity contribution in [1.29, 1.82) is 0 Å². The number of esters is 1. The Morgan fingerprint density at radius 1 is 1.23 bits per heavy atom. The number of carbonyl (C=O) groups excluding carboxylic acids is 2. The second kappa shape index (κ2) is 8.90. The summed E-state index contributed by atoms with van der Waals surface area (Å²) in [6, 6.07) is 3.39. The molecule has 1 aromatic carbocycles. The van der Waals surface area contributed by atoms with Gasteiger partial charge < -0.3 is 14.8 Å². The number of ether oxygens (including phenoxy) is 2. The van der Waals surface area contributed by atoms with Gasteiger partial charge in [-0.05, 0) is 37.5 Å². The summed E-state index contributed by atoms with van der Waals surface area (Å²) in [7, 11) is -5.64. The van der Waals surface area contributed by atoms with Crippen molar-refractivity contribution in [3.05, 3.63) is 23.8 Å². The van der Waals surface area contributed by atoms with E-state index in [1.54, 1.807) is 0 Å². The average Bonchev–Trinajstić information content (AvgIpc) is 3.35. The summed E-state index contributed by atoms with van der Waals surface area (Å²) >= 11 is 0. The highest BCUT2D eigenvalue weighted by molar-refractivity contribution is 7.91. The topological polar surface area (TPSA) is 136 Å². The van der Waals surface area contributed by atoms with E-state index in [0.717, 1.165) is 12.8 Å². The van der Waals surface area contributed by atoms with Gasteiger partial charge in [-0.25, -0.2) is 21.6 Å². The van der Waals surface area contributed by atoms with Crippen LogP contribution < -0.4 is 10.1 Å². The zero-order chi connectivity index (χ0) is 21.9. The predicted octanol–water partition coefficient (Wildman–Crippen LogP) is -0.0602. The van der Waals surface area contributed by atoms with Crippen molar-refractivity contribution >= 4 is 31.7 Å². The molecule has 166 valence electrons. The Kier molecular flexibility index (Phi) is 6.68. The van der Waals surface area contributed by atoms with Crippen molar-refractivity contribution in [2.75, 3.05) is 38.3 Å². The number of benzene rings is 1. The summed E-state index contributed by atoms with van der Waals surface area (Å²) in [4.78, 5) is 24.1.